The fourth-order valence-corrected chi connectivity index (χ4v) is 2.80. The number of benzene rings is 2. The highest BCUT2D eigenvalue weighted by Crippen LogP contribution is 2.21. The Morgan fingerprint density at radius 3 is 2.69 bits per heavy atom. The van der Waals surface area contributed by atoms with Gasteiger partial charge in [-0.15, -0.1) is 0 Å². The van der Waals surface area contributed by atoms with E-state index in [4.69, 9.17) is 5.73 Å². The van der Waals surface area contributed by atoms with Crippen LogP contribution >= 0.6 is 0 Å². The van der Waals surface area contributed by atoms with Gasteiger partial charge in [-0.2, -0.15) is 0 Å². The molecule has 0 saturated carbocycles. The minimum absolute atomic E-state index is 0.276. The summed E-state index contributed by atoms with van der Waals surface area (Å²) < 4.78 is 2.01. The van der Waals surface area contributed by atoms with Gasteiger partial charge in [0.25, 0.3) is 5.91 Å². The van der Waals surface area contributed by atoms with Crippen LogP contribution in [-0.4, -0.2) is 20.4 Å². The van der Waals surface area contributed by atoms with Gasteiger partial charge in [0, 0.05) is 17.9 Å². The first kappa shape index (κ1) is 16.0. The number of hydrogen-bond acceptors (Lipinski definition) is 4. The maximum absolute atomic E-state index is 12.4. The standard InChI is InChI=1S/C20H17N5O/c21-12-15-5-4-8-17(23-15)20(26)24-14-9-10-19-18(11-14)22-13-25(19)16-6-2-1-3-7-16/h1-11,13H,12,21H2,(H,24,26). The van der Waals surface area contributed by atoms with Gasteiger partial charge in [-0.25, -0.2) is 9.97 Å². The molecule has 1 amide bonds. The molecule has 6 nitrogen and oxygen atoms in total. The smallest absolute Gasteiger partial charge is 0.274 e. The summed E-state index contributed by atoms with van der Waals surface area (Å²) in [6.45, 7) is 0.296. The molecule has 26 heavy (non-hydrogen) atoms. The first-order valence-corrected chi connectivity index (χ1v) is 8.24. The van der Waals surface area contributed by atoms with Crippen LogP contribution in [-0.2, 0) is 6.54 Å². The largest absolute Gasteiger partial charge is 0.325 e. The van der Waals surface area contributed by atoms with Crippen molar-refractivity contribution in [2.45, 2.75) is 6.54 Å². The van der Waals surface area contributed by atoms with Gasteiger partial charge < -0.3 is 11.1 Å². The summed E-state index contributed by atoms with van der Waals surface area (Å²) in [6.07, 6.45) is 1.78. The maximum atomic E-state index is 12.4. The molecule has 3 N–H and O–H groups in total. The molecule has 0 aliphatic heterocycles. The Morgan fingerprint density at radius 1 is 1.04 bits per heavy atom. The number of nitrogens with zero attached hydrogens (tertiary/aromatic N) is 3. The Labute approximate surface area is 150 Å². The Morgan fingerprint density at radius 2 is 1.88 bits per heavy atom. The first-order chi connectivity index (χ1) is 12.7. The van der Waals surface area contributed by atoms with Crippen LogP contribution in [0, 0.1) is 0 Å². The summed E-state index contributed by atoms with van der Waals surface area (Å²) in [7, 11) is 0. The Hall–Kier alpha value is -3.51. The number of anilines is 1. The SMILES string of the molecule is NCc1cccc(C(=O)Nc2ccc3c(c2)ncn3-c2ccccc2)n1. The van der Waals surface area contributed by atoms with Gasteiger partial charge >= 0.3 is 0 Å². The van der Waals surface area contributed by atoms with Gasteiger partial charge in [0.15, 0.2) is 0 Å². The van der Waals surface area contributed by atoms with Crippen LogP contribution in [0.4, 0.5) is 5.69 Å². The molecule has 0 aliphatic carbocycles. The van der Waals surface area contributed by atoms with E-state index in [9.17, 15) is 4.79 Å². The van der Waals surface area contributed by atoms with E-state index in [0.29, 0.717) is 23.6 Å². The highest BCUT2D eigenvalue weighted by Gasteiger charge is 2.10. The van der Waals surface area contributed by atoms with Crippen molar-refractivity contribution in [3.63, 3.8) is 0 Å². The van der Waals surface area contributed by atoms with E-state index in [-0.39, 0.29) is 5.91 Å². The third-order valence-corrected chi connectivity index (χ3v) is 4.09. The molecule has 0 aliphatic rings. The molecule has 0 spiro atoms. The van der Waals surface area contributed by atoms with Crippen molar-refractivity contribution in [3.8, 4) is 5.69 Å². The van der Waals surface area contributed by atoms with E-state index in [1.807, 2.05) is 53.1 Å². The molecule has 2 aromatic heterocycles. The van der Waals surface area contributed by atoms with Crippen LogP contribution in [0.15, 0.2) is 73.1 Å². The molecule has 128 valence electrons. The molecular weight excluding hydrogens is 326 g/mol. The van der Waals surface area contributed by atoms with Crippen molar-refractivity contribution in [1.82, 2.24) is 14.5 Å². The summed E-state index contributed by atoms with van der Waals surface area (Å²) in [4.78, 5) is 21.1. The zero-order chi connectivity index (χ0) is 17.9. The second-order valence-electron chi connectivity index (χ2n) is 5.83. The number of nitrogens with two attached hydrogens (primary N) is 1. The molecule has 0 radical (unpaired) electrons. The lowest BCUT2D eigenvalue weighted by Gasteiger charge is -2.07. The summed E-state index contributed by atoms with van der Waals surface area (Å²) >= 11 is 0. The summed E-state index contributed by atoms with van der Waals surface area (Å²) in [6, 6.07) is 20.9. The monoisotopic (exact) mass is 343 g/mol. The normalized spacial score (nSPS) is 10.8. The van der Waals surface area contributed by atoms with Crippen molar-refractivity contribution < 1.29 is 4.79 Å². The van der Waals surface area contributed by atoms with Crippen molar-refractivity contribution in [2.75, 3.05) is 5.32 Å². The number of rotatable bonds is 4. The minimum atomic E-state index is -0.276. The molecule has 2 aromatic carbocycles. The minimum Gasteiger partial charge on any atom is -0.325 e. The Balaban J connectivity index is 1.61. The van der Waals surface area contributed by atoms with Crippen LogP contribution in [0.25, 0.3) is 16.7 Å². The number of amides is 1. The molecule has 0 bridgehead atoms. The lowest BCUT2D eigenvalue weighted by Crippen LogP contribution is -2.15. The van der Waals surface area contributed by atoms with E-state index in [1.165, 1.54) is 0 Å². The predicted octanol–water partition coefficient (Wildman–Crippen LogP) is 3.13. The van der Waals surface area contributed by atoms with Crippen LogP contribution in [0.5, 0.6) is 0 Å². The molecular formula is C20H17N5O. The number of aromatic nitrogens is 3. The lowest BCUT2D eigenvalue weighted by molar-refractivity contribution is 0.102. The molecule has 0 fully saturated rings. The van der Waals surface area contributed by atoms with Gasteiger partial charge in [-0.05, 0) is 42.5 Å². The van der Waals surface area contributed by atoms with E-state index in [1.54, 1.807) is 24.5 Å². The summed E-state index contributed by atoms with van der Waals surface area (Å²) in [5, 5.41) is 2.86. The van der Waals surface area contributed by atoms with Crippen LogP contribution in [0.2, 0.25) is 0 Å². The Bertz CT molecular complexity index is 1070. The van der Waals surface area contributed by atoms with Crippen LogP contribution in [0.1, 0.15) is 16.2 Å². The van der Waals surface area contributed by atoms with Crippen molar-refractivity contribution in [2.24, 2.45) is 5.73 Å². The number of hydrogen-bond donors (Lipinski definition) is 2. The number of para-hydroxylation sites is 1. The van der Waals surface area contributed by atoms with Crippen LogP contribution < -0.4 is 11.1 Å². The fourth-order valence-electron chi connectivity index (χ4n) is 2.80. The number of carbonyl (C=O) groups is 1. The zero-order valence-electron chi connectivity index (χ0n) is 14.0. The molecule has 0 atom stereocenters. The zero-order valence-corrected chi connectivity index (χ0v) is 14.0. The summed E-state index contributed by atoms with van der Waals surface area (Å²) in [5.74, 6) is -0.276. The Kier molecular flexibility index (Phi) is 4.17. The topological polar surface area (TPSA) is 85.8 Å². The highest BCUT2D eigenvalue weighted by atomic mass is 16.1. The van der Waals surface area contributed by atoms with Crippen LogP contribution in [0.3, 0.4) is 0 Å². The molecule has 4 rings (SSSR count). The summed E-state index contributed by atoms with van der Waals surface area (Å²) in [5.41, 5.74) is 10.1. The number of imidazole rings is 1. The van der Waals surface area contributed by atoms with Gasteiger partial charge in [0.2, 0.25) is 0 Å². The molecule has 0 saturated heterocycles. The molecule has 6 heteroatoms. The second-order valence-corrected chi connectivity index (χ2v) is 5.83. The molecule has 2 heterocycles. The van der Waals surface area contributed by atoms with Gasteiger partial charge in [0.05, 0.1) is 16.7 Å². The number of pyridine rings is 1. The van der Waals surface area contributed by atoms with E-state index < -0.39 is 0 Å². The van der Waals surface area contributed by atoms with E-state index in [2.05, 4.69) is 15.3 Å². The van der Waals surface area contributed by atoms with E-state index >= 15 is 0 Å². The average Bonchev–Trinajstić information content (AvgIpc) is 3.12. The fraction of sp³-hybridized carbons (Fsp3) is 0.0500. The number of carbonyl (C=O) groups excluding carboxylic acids is 1. The van der Waals surface area contributed by atoms with Gasteiger partial charge in [-0.3, -0.25) is 9.36 Å². The molecule has 4 aromatic rings. The third-order valence-electron chi connectivity index (χ3n) is 4.09. The quantitative estimate of drug-likeness (QED) is 0.596. The van der Waals surface area contributed by atoms with Gasteiger partial charge in [0.1, 0.15) is 12.0 Å². The van der Waals surface area contributed by atoms with Crippen molar-refractivity contribution in [3.05, 3.63) is 84.4 Å². The average molecular weight is 343 g/mol. The van der Waals surface area contributed by atoms with Crippen molar-refractivity contribution >= 4 is 22.6 Å². The molecule has 0 unspecified atom stereocenters. The maximum Gasteiger partial charge on any atom is 0.274 e. The first-order valence-electron chi connectivity index (χ1n) is 8.24. The predicted molar refractivity (Wildman–Crippen MR) is 101 cm³/mol. The van der Waals surface area contributed by atoms with E-state index in [0.717, 1.165) is 16.7 Å². The lowest BCUT2D eigenvalue weighted by atomic mass is 10.2. The van der Waals surface area contributed by atoms with Gasteiger partial charge in [-0.1, -0.05) is 24.3 Å². The van der Waals surface area contributed by atoms with Crippen molar-refractivity contribution in [1.29, 1.82) is 0 Å². The second kappa shape index (κ2) is 6.78. The number of fused-ring (bicyclic) bond motifs is 1. The third kappa shape index (κ3) is 3.05. The number of nitrogens with one attached hydrogen (secondary N) is 1. The highest BCUT2D eigenvalue weighted by molar-refractivity contribution is 6.03.